The van der Waals surface area contributed by atoms with Crippen molar-refractivity contribution in [3.05, 3.63) is 65.8 Å². The third-order valence-corrected chi connectivity index (χ3v) is 2.34. The third kappa shape index (κ3) is 3.96. The third-order valence-electron chi connectivity index (χ3n) is 2.34. The molecular formula is C14H15Li. The number of rotatable bonds is 3. The number of allylic oxidation sites excluding steroid dienone is 5. The molecule has 2 rings (SSSR count). The maximum Gasteiger partial charge on any atom is 1.00 e. The van der Waals surface area contributed by atoms with Gasteiger partial charge in [0.25, 0.3) is 0 Å². The summed E-state index contributed by atoms with van der Waals surface area (Å²) in [5.74, 6) is 0. The van der Waals surface area contributed by atoms with Crippen LogP contribution in [0.5, 0.6) is 0 Å². The van der Waals surface area contributed by atoms with Gasteiger partial charge < -0.3 is 1.43 Å². The van der Waals surface area contributed by atoms with E-state index in [4.69, 9.17) is 0 Å². The fourth-order valence-electron chi connectivity index (χ4n) is 1.55. The largest absolute Gasteiger partial charge is 1.00 e. The van der Waals surface area contributed by atoms with Crippen LogP contribution in [-0.2, 0) is 0 Å². The number of hydrogen-bond acceptors (Lipinski definition) is 0. The van der Waals surface area contributed by atoms with Crippen molar-refractivity contribution in [2.24, 2.45) is 0 Å². The van der Waals surface area contributed by atoms with Crippen LogP contribution >= 0.6 is 0 Å². The molecule has 1 aromatic carbocycles. The Hall–Kier alpha value is -0.963. The zero-order chi connectivity index (χ0) is 9.64. The Balaban J connectivity index is 0.00000112. The molecule has 15 heavy (non-hydrogen) atoms. The van der Waals surface area contributed by atoms with E-state index in [9.17, 15) is 0 Å². The molecule has 0 N–H and O–H groups in total. The second kappa shape index (κ2) is 6.51. The molecule has 0 spiro atoms. The van der Waals surface area contributed by atoms with Crippen molar-refractivity contribution in [1.29, 1.82) is 0 Å². The first-order valence-corrected chi connectivity index (χ1v) is 5.01. The van der Waals surface area contributed by atoms with Gasteiger partial charge in [-0.1, -0.05) is 66.3 Å². The molecule has 72 valence electrons. The smallest absolute Gasteiger partial charge is 1.00 e. The van der Waals surface area contributed by atoms with E-state index >= 15 is 0 Å². The summed E-state index contributed by atoms with van der Waals surface area (Å²) >= 11 is 0. The van der Waals surface area contributed by atoms with Gasteiger partial charge in [0.2, 0.25) is 0 Å². The van der Waals surface area contributed by atoms with Crippen molar-refractivity contribution in [3.63, 3.8) is 0 Å². The summed E-state index contributed by atoms with van der Waals surface area (Å²) in [5.41, 5.74) is 2.77. The minimum absolute atomic E-state index is 0. The number of benzene rings is 1. The molecular weight excluding hydrogens is 175 g/mol. The van der Waals surface area contributed by atoms with Crippen molar-refractivity contribution in [2.75, 3.05) is 0 Å². The minimum Gasteiger partial charge on any atom is -1.00 e. The van der Waals surface area contributed by atoms with Gasteiger partial charge in [0.05, 0.1) is 0 Å². The second-order valence-corrected chi connectivity index (χ2v) is 3.47. The molecule has 0 nitrogen and oxygen atoms in total. The number of hydrogen-bond donors (Lipinski definition) is 0. The predicted octanol–water partition coefficient (Wildman–Crippen LogP) is 1.09. The van der Waals surface area contributed by atoms with Crippen LogP contribution in [0.15, 0.2) is 60.2 Å². The van der Waals surface area contributed by atoms with Crippen LogP contribution in [0, 0.1) is 0 Å². The maximum absolute atomic E-state index is 2.23. The molecule has 1 aliphatic rings. The van der Waals surface area contributed by atoms with Crippen LogP contribution in [-0.4, -0.2) is 0 Å². The average Bonchev–Trinajstić information content (AvgIpc) is 2.72. The molecule has 0 unspecified atom stereocenters. The summed E-state index contributed by atoms with van der Waals surface area (Å²) in [7, 11) is 0. The monoisotopic (exact) mass is 190 g/mol. The van der Waals surface area contributed by atoms with E-state index < -0.39 is 0 Å². The van der Waals surface area contributed by atoms with E-state index in [0.29, 0.717) is 0 Å². The Kier molecular flexibility index (Phi) is 5.25. The molecule has 0 radical (unpaired) electrons. The van der Waals surface area contributed by atoms with E-state index in [2.05, 4.69) is 54.6 Å². The zero-order valence-electron chi connectivity index (χ0n) is 10.2. The Morgan fingerprint density at radius 2 is 2.00 bits per heavy atom. The van der Waals surface area contributed by atoms with Gasteiger partial charge in [-0.3, -0.25) is 0 Å². The summed E-state index contributed by atoms with van der Waals surface area (Å²) in [5, 5.41) is 0. The fourth-order valence-corrected chi connectivity index (χ4v) is 1.55. The van der Waals surface area contributed by atoms with Crippen molar-refractivity contribution in [2.45, 2.75) is 12.8 Å². The Labute approximate surface area is 105 Å². The second-order valence-electron chi connectivity index (χ2n) is 3.47. The van der Waals surface area contributed by atoms with Gasteiger partial charge in [-0.25, -0.2) is 0 Å². The van der Waals surface area contributed by atoms with E-state index in [1.54, 1.807) is 0 Å². The normalized spacial score (nSPS) is 14.0. The van der Waals surface area contributed by atoms with Crippen molar-refractivity contribution in [1.82, 2.24) is 0 Å². The average molecular weight is 190 g/mol. The van der Waals surface area contributed by atoms with Gasteiger partial charge in [-0.15, -0.1) is 0 Å². The van der Waals surface area contributed by atoms with Gasteiger partial charge in [0.1, 0.15) is 0 Å². The SMILES string of the molecule is C1=CCC(CC=Cc2ccccc2)=C1.[H-].[Li+]. The molecule has 0 bridgehead atoms. The van der Waals surface area contributed by atoms with Gasteiger partial charge >= 0.3 is 18.9 Å². The summed E-state index contributed by atoms with van der Waals surface area (Å²) in [6.07, 6.45) is 13.1. The summed E-state index contributed by atoms with van der Waals surface area (Å²) in [4.78, 5) is 0. The van der Waals surface area contributed by atoms with Gasteiger partial charge in [0.15, 0.2) is 0 Å². The van der Waals surface area contributed by atoms with Crippen LogP contribution in [0.3, 0.4) is 0 Å². The molecule has 0 atom stereocenters. The Bertz CT molecular complexity index is 377. The summed E-state index contributed by atoms with van der Waals surface area (Å²) in [6, 6.07) is 10.4. The molecule has 0 fully saturated rings. The van der Waals surface area contributed by atoms with Gasteiger partial charge in [0, 0.05) is 0 Å². The van der Waals surface area contributed by atoms with E-state index in [0.717, 1.165) is 12.8 Å². The van der Waals surface area contributed by atoms with Crippen LogP contribution in [0.4, 0.5) is 0 Å². The van der Waals surface area contributed by atoms with Gasteiger partial charge in [-0.05, 0) is 18.4 Å². The van der Waals surface area contributed by atoms with Gasteiger partial charge in [-0.2, -0.15) is 0 Å². The van der Waals surface area contributed by atoms with Crippen LogP contribution in [0.25, 0.3) is 6.08 Å². The molecule has 1 aliphatic carbocycles. The Morgan fingerprint density at radius 3 is 2.67 bits per heavy atom. The van der Waals surface area contributed by atoms with E-state index in [-0.39, 0.29) is 20.3 Å². The molecule has 1 aromatic rings. The predicted molar refractivity (Wildman–Crippen MR) is 63.0 cm³/mol. The minimum atomic E-state index is 0. The molecule has 0 aromatic heterocycles. The molecule has 0 saturated heterocycles. The van der Waals surface area contributed by atoms with Crippen LogP contribution in [0.2, 0.25) is 0 Å². The van der Waals surface area contributed by atoms with Crippen molar-refractivity contribution >= 4 is 6.08 Å². The molecule has 0 heterocycles. The Morgan fingerprint density at radius 1 is 1.20 bits per heavy atom. The first kappa shape index (κ1) is 12.1. The molecule has 0 saturated carbocycles. The van der Waals surface area contributed by atoms with Crippen LogP contribution in [0.1, 0.15) is 19.8 Å². The van der Waals surface area contributed by atoms with Crippen LogP contribution < -0.4 is 18.9 Å². The maximum atomic E-state index is 2.23. The molecule has 1 heteroatoms. The quantitative estimate of drug-likeness (QED) is 0.626. The zero-order valence-corrected chi connectivity index (χ0v) is 9.19. The molecule has 0 amide bonds. The summed E-state index contributed by atoms with van der Waals surface area (Å²) < 4.78 is 0. The van der Waals surface area contributed by atoms with Crippen molar-refractivity contribution in [3.8, 4) is 0 Å². The standard InChI is InChI=1S/C14H14.Li.H/c1-2-7-13(8-3-1)11-6-12-14-9-4-5-10-14;;/h1-9,11H,10,12H2;;/q;+1;-1. The fraction of sp³-hybridized carbons (Fsp3) is 0.143. The first-order chi connectivity index (χ1) is 6.95. The first-order valence-electron chi connectivity index (χ1n) is 5.01. The van der Waals surface area contributed by atoms with E-state index in [1.165, 1.54) is 11.1 Å². The molecule has 0 aliphatic heterocycles. The van der Waals surface area contributed by atoms with E-state index in [1.807, 2.05) is 6.07 Å². The topological polar surface area (TPSA) is 0 Å². The summed E-state index contributed by atoms with van der Waals surface area (Å²) in [6.45, 7) is 0. The van der Waals surface area contributed by atoms with Crippen molar-refractivity contribution < 1.29 is 20.3 Å².